The Labute approximate surface area is 86.2 Å². The van der Waals surface area contributed by atoms with Gasteiger partial charge in [0.15, 0.2) is 0 Å². The van der Waals surface area contributed by atoms with Crippen molar-refractivity contribution in [2.75, 3.05) is 6.61 Å². The second-order valence-corrected chi connectivity index (χ2v) is 3.36. The number of terminal acetylenes is 1. The van der Waals surface area contributed by atoms with Crippen molar-refractivity contribution in [3.05, 3.63) is 28.2 Å². The molecule has 0 amide bonds. The molecule has 0 bridgehead atoms. The summed E-state index contributed by atoms with van der Waals surface area (Å²) < 4.78 is 6.27. The number of hydrogen-bond acceptors (Lipinski definition) is 2. The fraction of sp³-hybridized carbons (Fsp3) is 0.200. The van der Waals surface area contributed by atoms with Gasteiger partial charge in [-0.05, 0) is 12.1 Å². The van der Waals surface area contributed by atoms with Gasteiger partial charge in [-0.1, -0.05) is 27.9 Å². The summed E-state index contributed by atoms with van der Waals surface area (Å²) in [5.41, 5.74) is 6.48. The highest BCUT2D eigenvalue weighted by atomic mass is 79.9. The van der Waals surface area contributed by atoms with Gasteiger partial charge in [0.05, 0.1) is 0 Å². The molecular formula is C10H10BrNO. The number of benzene rings is 1. The molecule has 1 aromatic rings. The second-order valence-electron chi connectivity index (χ2n) is 2.45. The maximum Gasteiger partial charge on any atom is 0.148 e. The van der Waals surface area contributed by atoms with Crippen LogP contribution in [-0.2, 0) is 6.54 Å². The number of ether oxygens (including phenoxy) is 1. The summed E-state index contributed by atoms with van der Waals surface area (Å²) in [6.45, 7) is 0.719. The highest BCUT2D eigenvalue weighted by Gasteiger charge is 2.01. The maximum atomic E-state index is 5.53. The third-order valence-electron chi connectivity index (χ3n) is 1.56. The van der Waals surface area contributed by atoms with E-state index in [2.05, 4.69) is 21.9 Å². The molecule has 0 fully saturated rings. The normalized spacial score (nSPS) is 9.31. The van der Waals surface area contributed by atoms with E-state index in [0.29, 0.717) is 6.54 Å². The maximum absolute atomic E-state index is 5.53. The molecule has 0 unspecified atom stereocenters. The standard InChI is InChI=1S/C10H10BrNO/c1-2-5-13-10-6-9(11)4-3-8(10)7-12/h1,3-4,6H,5,7,12H2. The molecule has 13 heavy (non-hydrogen) atoms. The molecule has 68 valence electrons. The third kappa shape index (κ3) is 2.76. The van der Waals surface area contributed by atoms with Crippen LogP contribution in [0.3, 0.4) is 0 Å². The minimum Gasteiger partial charge on any atom is -0.481 e. The molecule has 1 rings (SSSR count). The molecule has 0 aliphatic heterocycles. The fourth-order valence-electron chi connectivity index (χ4n) is 0.951. The molecule has 0 aromatic heterocycles. The van der Waals surface area contributed by atoms with Crippen molar-refractivity contribution in [2.45, 2.75) is 6.54 Å². The van der Waals surface area contributed by atoms with Crippen LogP contribution in [0, 0.1) is 12.3 Å². The zero-order chi connectivity index (χ0) is 9.68. The third-order valence-corrected chi connectivity index (χ3v) is 2.05. The van der Waals surface area contributed by atoms with Gasteiger partial charge in [0, 0.05) is 16.6 Å². The topological polar surface area (TPSA) is 35.2 Å². The Bertz CT molecular complexity index is 330. The Balaban J connectivity index is 2.89. The van der Waals surface area contributed by atoms with Gasteiger partial charge in [-0.3, -0.25) is 0 Å². The lowest BCUT2D eigenvalue weighted by Gasteiger charge is -2.07. The first kappa shape index (κ1) is 10.1. The Morgan fingerprint density at radius 2 is 2.31 bits per heavy atom. The second kappa shape index (κ2) is 4.90. The number of halogens is 1. The number of hydrogen-bond donors (Lipinski definition) is 1. The van der Waals surface area contributed by atoms with Gasteiger partial charge >= 0.3 is 0 Å². The zero-order valence-electron chi connectivity index (χ0n) is 7.09. The van der Waals surface area contributed by atoms with Crippen molar-refractivity contribution in [3.8, 4) is 18.1 Å². The van der Waals surface area contributed by atoms with Crippen molar-refractivity contribution in [3.63, 3.8) is 0 Å². The van der Waals surface area contributed by atoms with Gasteiger partial charge in [-0.15, -0.1) is 6.42 Å². The predicted molar refractivity (Wildman–Crippen MR) is 56.4 cm³/mol. The predicted octanol–water partition coefficient (Wildman–Crippen LogP) is 1.92. The van der Waals surface area contributed by atoms with Gasteiger partial charge in [0.1, 0.15) is 12.4 Å². The van der Waals surface area contributed by atoms with Crippen LogP contribution in [0.1, 0.15) is 5.56 Å². The smallest absolute Gasteiger partial charge is 0.148 e. The summed E-state index contributed by atoms with van der Waals surface area (Å²) in [7, 11) is 0. The van der Waals surface area contributed by atoms with E-state index in [9.17, 15) is 0 Å². The largest absolute Gasteiger partial charge is 0.481 e. The van der Waals surface area contributed by atoms with E-state index in [-0.39, 0.29) is 6.61 Å². The van der Waals surface area contributed by atoms with E-state index in [1.54, 1.807) is 0 Å². The summed E-state index contributed by atoms with van der Waals surface area (Å²) in [5.74, 6) is 3.15. The quantitative estimate of drug-likeness (QED) is 0.819. The summed E-state index contributed by atoms with van der Waals surface area (Å²) in [5, 5.41) is 0. The average molecular weight is 240 g/mol. The van der Waals surface area contributed by atoms with Crippen molar-refractivity contribution in [1.29, 1.82) is 0 Å². The molecule has 2 nitrogen and oxygen atoms in total. The lowest BCUT2D eigenvalue weighted by molar-refractivity contribution is 0.366. The van der Waals surface area contributed by atoms with Crippen molar-refractivity contribution < 1.29 is 4.74 Å². The van der Waals surface area contributed by atoms with Crippen molar-refractivity contribution in [2.24, 2.45) is 5.73 Å². The highest BCUT2D eigenvalue weighted by Crippen LogP contribution is 2.23. The Morgan fingerprint density at radius 1 is 1.54 bits per heavy atom. The van der Waals surface area contributed by atoms with Crippen LogP contribution >= 0.6 is 15.9 Å². The van der Waals surface area contributed by atoms with Gasteiger partial charge in [-0.25, -0.2) is 0 Å². The van der Waals surface area contributed by atoms with E-state index >= 15 is 0 Å². The molecule has 0 aliphatic carbocycles. The average Bonchev–Trinajstić information content (AvgIpc) is 2.15. The number of rotatable bonds is 3. The van der Waals surface area contributed by atoms with Crippen LogP contribution in [0.5, 0.6) is 5.75 Å². The van der Waals surface area contributed by atoms with Gasteiger partial charge in [0.2, 0.25) is 0 Å². The SMILES string of the molecule is C#CCOc1cc(Br)ccc1CN. The van der Waals surface area contributed by atoms with Gasteiger partial charge in [-0.2, -0.15) is 0 Å². The molecule has 2 N–H and O–H groups in total. The summed E-state index contributed by atoms with van der Waals surface area (Å²) in [4.78, 5) is 0. The van der Waals surface area contributed by atoms with E-state index < -0.39 is 0 Å². The molecule has 0 atom stereocenters. The van der Waals surface area contributed by atoms with Gasteiger partial charge in [0.25, 0.3) is 0 Å². The first-order valence-electron chi connectivity index (χ1n) is 3.82. The van der Waals surface area contributed by atoms with Crippen LogP contribution in [0.25, 0.3) is 0 Å². The van der Waals surface area contributed by atoms with Gasteiger partial charge < -0.3 is 10.5 Å². The van der Waals surface area contributed by atoms with E-state index in [1.807, 2.05) is 18.2 Å². The fourth-order valence-corrected chi connectivity index (χ4v) is 1.29. The first-order valence-corrected chi connectivity index (χ1v) is 4.62. The zero-order valence-corrected chi connectivity index (χ0v) is 8.67. The van der Waals surface area contributed by atoms with Crippen molar-refractivity contribution >= 4 is 15.9 Å². The molecule has 0 aliphatic rings. The summed E-state index contributed by atoms with van der Waals surface area (Å²) in [6.07, 6.45) is 5.09. The van der Waals surface area contributed by atoms with E-state index in [0.717, 1.165) is 15.8 Å². The van der Waals surface area contributed by atoms with Crippen molar-refractivity contribution in [1.82, 2.24) is 0 Å². The molecule has 3 heteroatoms. The lowest BCUT2D eigenvalue weighted by atomic mass is 10.2. The summed E-state index contributed by atoms with van der Waals surface area (Å²) in [6, 6.07) is 5.69. The Hall–Kier alpha value is -0.980. The lowest BCUT2D eigenvalue weighted by Crippen LogP contribution is -2.02. The first-order chi connectivity index (χ1) is 6.27. The summed E-state index contributed by atoms with van der Waals surface area (Å²) >= 11 is 3.34. The minimum absolute atomic E-state index is 0.267. The van der Waals surface area contributed by atoms with Crippen LogP contribution in [0.2, 0.25) is 0 Å². The molecule has 0 saturated heterocycles. The molecule has 1 aromatic carbocycles. The number of nitrogens with two attached hydrogens (primary N) is 1. The highest BCUT2D eigenvalue weighted by molar-refractivity contribution is 9.10. The minimum atomic E-state index is 0.267. The van der Waals surface area contributed by atoms with Crippen LogP contribution in [-0.4, -0.2) is 6.61 Å². The van der Waals surface area contributed by atoms with Crippen LogP contribution in [0.15, 0.2) is 22.7 Å². The Morgan fingerprint density at radius 3 is 2.92 bits per heavy atom. The van der Waals surface area contributed by atoms with Crippen LogP contribution < -0.4 is 10.5 Å². The van der Waals surface area contributed by atoms with Crippen LogP contribution in [0.4, 0.5) is 0 Å². The molecule has 0 spiro atoms. The van der Waals surface area contributed by atoms with E-state index in [1.165, 1.54) is 0 Å². The Kier molecular flexibility index (Phi) is 3.81. The molecule has 0 radical (unpaired) electrons. The molecular weight excluding hydrogens is 230 g/mol. The molecule has 0 heterocycles. The van der Waals surface area contributed by atoms with E-state index in [4.69, 9.17) is 16.9 Å². The molecule has 0 saturated carbocycles. The monoisotopic (exact) mass is 239 g/mol.